The first-order chi connectivity index (χ1) is 24.6. The topological polar surface area (TPSA) is 119 Å². The third kappa shape index (κ3) is 15.9. The van der Waals surface area contributed by atoms with Gasteiger partial charge in [0.1, 0.15) is 12.1 Å². The average Bonchev–Trinajstić information content (AvgIpc) is 3.13. The fourth-order valence-electron chi connectivity index (χ4n) is 5.57. The summed E-state index contributed by atoms with van der Waals surface area (Å²) in [6.07, 6.45) is 18.8. The van der Waals surface area contributed by atoms with Crippen molar-refractivity contribution in [3.05, 3.63) is 58.7 Å². The van der Waals surface area contributed by atoms with E-state index in [0.29, 0.717) is 36.2 Å². The van der Waals surface area contributed by atoms with Gasteiger partial charge in [0.15, 0.2) is 34.6 Å². The maximum atomic E-state index is 12.2. The van der Waals surface area contributed by atoms with Crippen molar-refractivity contribution in [3.63, 3.8) is 0 Å². The molecule has 0 aromatic heterocycles. The fourth-order valence-corrected chi connectivity index (χ4v) is 5.57. The Labute approximate surface area is 306 Å². The number of carbonyl (C=O) groups is 2. The Morgan fingerprint density at radius 3 is 1.14 bits per heavy atom. The molecule has 51 heavy (non-hydrogen) atoms. The Kier molecular flexibility index (Phi) is 20.5. The van der Waals surface area contributed by atoms with Gasteiger partial charge in [0.25, 0.3) is 0 Å². The van der Waals surface area contributed by atoms with Crippen LogP contribution in [0.15, 0.2) is 47.5 Å². The molecule has 0 aliphatic rings. The number of hydrogen-bond donors (Lipinski definition) is 0. The Morgan fingerprint density at radius 2 is 0.863 bits per heavy atom. The fraction of sp³-hybridized carbons (Fsp3) is 0.535. The summed E-state index contributed by atoms with van der Waals surface area (Å²) in [6, 6.07) is 15.0. The van der Waals surface area contributed by atoms with Crippen LogP contribution in [0, 0.1) is 34.5 Å². The van der Waals surface area contributed by atoms with Crippen LogP contribution in [0.4, 0.5) is 0 Å². The van der Waals surface area contributed by atoms with E-state index in [4.69, 9.17) is 18.9 Å². The summed E-state index contributed by atoms with van der Waals surface area (Å²) in [5, 5.41) is 18.7. The highest BCUT2D eigenvalue weighted by Gasteiger charge is 2.15. The van der Waals surface area contributed by atoms with Gasteiger partial charge in [-0.25, -0.2) is 0 Å². The molecule has 8 nitrogen and oxygen atoms in total. The molecular formula is C43H58N2O6. The van der Waals surface area contributed by atoms with Crippen molar-refractivity contribution in [1.29, 1.82) is 10.5 Å². The van der Waals surface area contributed by atoms with Crippen LogP contribution in [0.3, 0.4) is 0 Å². The molecule has 2 aromatic carbocycles. The molecule has 0 fully saturated rings. The largest absolute Gasteiger partial charge is 0.493 e. The number of ketones is 2. The predicted molar refractivity (Wildman–Crippen MR) is 204 cm³/mol. The second kappa shape index (κ2) is 24.6. The molecule has 0 atom stereocenters. The molecule has 0 N–H and O–H groups in total. The van der Waals surface area contributed by atoms with Gasteiger partial charge in [0, 0.05) is 11.8 Å². The van der Waals surface area contributed by atoms with Crippen molar-refractivity contribution in [1.82, 2.24) is 0 Å². The molecule has 0 aliphatic carbocycles. The normalized spacial score (nSPS) is 11.6. The van der Waals surface area contributed by atoms with E-state index in [0.717, 1.165) is 36.8 Å². The number of nitriles is 2. The number of methoxy groups -OCH3 is 2. The summed E-state index contributed by atoms with van der Waals surface area (Å²) in [4.78, 5) is 24.4. The van der Waals surface area contributed by atoms with E-state index in [1.54, 1.807) is 66.2 Å². The number of benzene rings is 2. The van der Waals surface area contributed by atoms with Gasteiger partial charge in [-0.3, -0.25) is 9.59 Å². The van der Waals surface area contributed by atoms with E-state index in [1.807, 2.05) is 36.4 Å². The molecule has 8 heteroatoms. The van der Waals surface area contributed by atoms with Gasteiger partial charge in [-0.15, -0.1) is 0 Å². The number of unbranched alkanes of at least 4 members (excludes halogenated alkanes) is 12. The number of hydrogen-bond acceptors (Lipinski definition) is 8. The van der Waals surface area contributed by atoms with Gasteiger partial charge >= 0.3 is 0 Å². The standard InChI is InChI=1S/C43H58N2O6/c1-32(2)42(46)36(30-44)26-34-20-22-38(40(28-34)48-5)50-24-18-16-14-12-10-8-7-9-11-13-15-17-19-25-51-39-23-21-35(29-41(39)49-6)27-37(31-45)43(47)33(3)4/h20-23,26-29,32-33H,7-19,24-25H2,1-6H3. The first kappa shape index (κ1) is 42.6. The number of ether oxygens (including phenoxy) is 4. The first-order valence-corrected chi connectivity index (χ1v) is 18.6. The van der Waals surface area contributed by atoms with Crippen molar-refractivity contribution < 1.29 is 28.5 Å². The zero-order valence-corrected chi connectivity index (χ0v) is 31.7. The van der Waals surface area contributed by atoms with Gasteiger partial charge in [-0.05, 0) is 60.4 Å². The minimum absolute atomic E-state index is 0.141. The molecule has 0 saturated heterocycles. The summed E-state index contributed by atoms with van der Waals surface area (Å²) in [5.41, 5.74) is 1.75. The van der Waals surface area contributed by atoms with Crippen molar-refractivity contribution in [2.75, 3.05) is 27.4 Å². The molecule has 0 bridgehead atoms. The summed E-state index contributed by atoms with van der Waals surface area (Å²) in [5.74, 6) is 1.72. The number of carbonyl (C=O) groups excluding carboxylic acids is 2. The molecule has 276 valence electrons. The predicted octanol–water partition coefficient (Wildman–Crippen LogP) is 10.5. The minimum atomic E-state index is -0.231. The van der Waals surface area contributed by atoms with Crippen LogP contribution in [-0.2, 0) is 9.59 Å². The number of nitrogens with zero attached hydrogens (tertiary/aromatic N) is 2. The highest BCUT2D eigenvalue weighted by molar-refractivity contribution is 6.04. The molecule has 2 aromatic rings. The van der Waals surface area contributed by atoms with E-state index in [1.165, 1.54) is 57.8 Å². The van der Waals surface area contributed by atoms with Crippen LogP contribution in [-0.4, -0.2) is 39.0 Å². The molecule has 0 spiro atoms. The number of Topliss-reactive ketones (excluding diaryl/α,β-unsaturated/α-hetero) is 2. The quantitative estimate of drug-likeness (QED) is 0.0541. The minimum Gasteiger partial charge on any atom is -0.493 e. The highest BCUT2D eigenvalue weighted by Crippen LogP contribution is 2.31. The molecule has 0 amide bonds. The average molecular weight is 699 g/mol. The van der Waals surface area contributed by atoms with Crippen LogP contribution in [0.5, 0.6) is 23.0 Å². The van der Waals surface area contributed by atoms with Crippen molar-refractivity contribution in [2.24, 2.45) is 11.8 Å². The van der Waals surface area contributed by atoms with Crippen LogP contribution in [0.25, 0.3) is 12.2 Å². The molecular weight excluding hydrogens is 640 g/mol. The molecule has 0 heterocycles. The highest BCUT2D eigenvalue weighted by atomic mass is 16.5. The summed E-state index contributed by atoms with van der Waals surface area (Å²) in [6.45, 7) is 8.39. The third-order valence-electron chi connectivity index (χ3n) is 8.62. The van der Waals surface area contributed by atoms with Crippen molar-refractivity contribution in [2.45, 2.75) is 111 Å². The number of allylic oxidation sites excluding steroid dienone is 2. The first-order valence-electron chi connectivity index (χ1n) is 18.6. The summed E-state index contributed by atoms with van der Waals surface area (Å²) in [7, 11) is 3.18. The zero-order chi connectivity index (χ0) is 37.4. The maximum absolute atomic E-state index is 12.2. The number of rotatable bonds is 26. The van der Waals surface area contributed by atoms with Gasteiger partial charge in [0.05, 0.1) is 38.6 Å². The lowest BCUT2D eigenvalue weighted by Gasteiger charge is -2.12. The monoisotopic (exact) mass is 698 g/mol. The van der Waals surface area contributed by atoms with E-state index in [-0.39, 0.29) is 34.5 Å². The molecule has 2 rings (SSSR count). The van der Waals surface area contributed by atoms with Crippen LogP contribution < -0.4 is 18.9 Å². The van der Waals surface area contributed by atoms with Crippen LogP contribution in [0.2, 0.25) is 0 Å². The van der Waals surface area contributed by atoms with Gasteiger partial charge in [-0.1, -0.05) is 110 Å². The zero-order valence-electron chi connectivity index (χ0n) is 31.7. The Bertz CT molecular complexity index is 1410. The van der Waals surface area contributed by atoms with Crippen molar-refractivity contribution in [3.8, 4) is 35.1 Å². The van der Waals surface area contributed by atoms with E-state index in [2.05, 4.69) is 0 Å². The maximum Gasteiger partial charge on any atom is 0.175 e. The lowest BCUT2D eigenvalue weighted by atomic mass is 10.00. The van der Waals surface area contributed by atoms with E-state index < -0.39 is 0 Å². The lowest BCUT2D eigenvalue weighted by Crippen LogP contribution is -2.08. The molecule has 0 saturated carbocycles. The van der Waals surface area contributed by atoms with E-state index in [9.17, 15) is 20.1 Å². The smallest absolute Gasteiger partial charge is 0.175 e. The van der Waals surface area contributed by atoms with Gasteiger partial charge < -0.3 is 18.9 Å². The van der Waals surface area contributed by atoms with Gasteiger partial charge in [-0.2, -0.15) is 10.5 Å². The van der Waals surface area contributed by atoms with Gasteiger partial charge in [0.2, 0.25) is 0 Å². The Morgan fingerprint density at radius 1 is 0.549 bits per heavy atom. The third-order valence-corrected chi connectivity index (χ3v) is 8.62. The summed E-state index contributed by atoms with van der Waals surface area (Å²) >= 11 is 0. The summed E-state index contributed by atoms with van der Waals surface area (Å²) < 4.78 is 22.9. The second-order valence-corrected chi connectivity index (χ2v) is 13.5. The van der Waals surface area contributed by atoms with Crippen LogP contribution in [0.1, 0.15) is 122 Å². The molecule has 0 unspecified atom stereocenters. The Balaban J connectivity index is 1.51. The van der Waals surface area contributed by atoms with Crippen molar-refractivity contribution >= 4 is 23.7 Å². The molecule has 0 radical (unpaired) electrons. The van der Waals surface area contributed by atoms with Crippen LogP contribution >= 0.6 is 0 Å². The second-order valence-electron chi connectivity index (χ2n) is 13.5. The SMILES string of the molecule is COc1cc(C=C(C#N)C(=O)C(C)C)ccc1OCCCCCCCCCCCCCCCOc1ccc(C=C(C#N)C(=O)C(C)C)cc1OC. The van der Waals surface area contributed by atoms with E-state index >= 15 is 0 Å². The Hall–Kier alpha value is -4.56. The lowest BCUT2D eigenvalue weighted by molar-refractivity contribution is -0.118. The molecule has 0 aliphatic heterocycles.